The fraction of sp³-hybridized carbons (Fsp3) is 0.611. The van der Waals surface area contributed by atoms with Crippen molar-refractivity contribution >= 4 is 17.2 Å². The highest BCUT2D eigenvalue weighted by molar-refractivity contribution is 7.14. The van der Waals surface area contributed by atoms with E-state index in [0.29, 0.717) is 0 Å². The average molecular weight is 344 g/mol. The summed E-state index contributed by atoms with van der Waals surface area (Å²) in [5.74, 6) is 0.217. The van der Waals surface area contributed by atoms with Gasteiger partial charge in [0.25, 0.3) is 5.91 Å². The SMILES string of the molecule is O=C(c1cc2c(s1)CCCCCC2)N1CCC[C@H]1Cn1ccnn1. The highest BCUT2D eigenvalue weighted by atomic mass is 32.1. The number of aromatic nitrogens is 3. The van der Waals surface area contributed by atoms with Crippen molar-refractivity contribution < 1.29 is 4.79 Å². The van der Waals surface area contributed by atoms with Crippen molar-refractivity contribution in [2.24, 2.45) is 0 Å². The van der Waals surface area contributed by atoms with Crippen LogP contribution in [0.2, 0.25) is 0 Å². The third kappa shape index (κ3) is 3.24. The molecular formula is C18H24N4OS. The van der Waals surface area contributed by atoms with Crippen molar-refractivity contribution in [3.8, 4) is 0 Å². The lowest BCUT2D eigenvalue weighted by molar-refractivity contribution is 0.0726. The monoisotopic (exact) mass is 344 g/mol. The standard InChI is InChI=1S/C18H24N4OS/c23-18(17-12-14-6-3-1-2-4-8-16(14)24-17)22-10-5-7-15(22)13-21-11-9-19-20-21/h9,11-12,15H,1-8,10,13H2/t15-/m0/s1. The molecule has 0 aromatic carbocycles. The quantitative estimate of drug-likeness (QED) is 0.858. The van der Waals surface area contributed by atoms with Gasteiger partial charge in [-0.05, 0) is 50.2 Å². The van der Waals surface area contributed by atoms with Gasteiger partial charge in [0.15, 0.2) is 0 Å². The van der Waals surface area contributed by atoms with Crippen molar-refractivity contribution in [2.45, 2.75) is 64.0 Å². The number of aryl methyl sites for hydroxylation is 2. The number of rotatable bonds is 3. The van der Waals surface area contributed by atoms with Gasteiger partial charge >= 0.3 is 0 Å². The molecule has 0 bridgehead atoms. The molecule has 4 rings (SSSR count). The van der Waals surface area contributed by atoms with E-state index < -0.39 is 0 Å². The fourth-order valence-corrected chi connectivity index (χ4v) is 5.14. The molecule has 0 saturated carbocycles. The van der Waals surface area contributed by atoms with Gasteiger partial charge in [-0.25, -0.2) is 0 Å². The molecule has 2 aromatic rings. The van der Waals surface area contributed by atoms with E-state index in [4.69, 9.17) is 0 Å². The Balaban J connectivity index is 1.51. The molecule has 0 spiro atoms. The molecule has 1 aliphatic heterocycles. The molecule has 128 valence electrons. The average Bonchev–Trinajstić information content (AvgIpc) is 3.29. The summed E-state index contributed by atoms with van der Waals surface area (Å²) in [4.78, 5) is 17.5. The number of likely N-dealkylation sites (tertiary alicyclic amines) is 1. The summed E-state index contributed by atoms with van der Waals surface area (Å²) in [6.07, 6.45) is 13.2. The molecule has 1 fully saturated rings. The highest BCUT2D eigenvalue weighted by Gasteiger charge is 2.31. The topological polar surface area (TPSA) is 51.0 Å². The normalized spacial score (nSPS) is 21.3. The zero-order valence-corrected chi connectivity index (χ0v) is 14.8. The second-order valence-corrected chi connectivity index (χ2v) is 8.03. The lowest BCUT2D eigenvalue weighted by atomic mass is 10.00. The summed E-state index contributed by atoms with van der Waals surface area (Å²) in [7, 11) is 0. The molecule has 3 heterocycles. The molecule has 0 radical (unpaired) electrons. The summed E-state index contributed by atoms with van der Waals surface area (Å²) in [5.41, 5.74) is 1.43. The predicted octanol–water partition coefficient (Wildman–Crippen LogP) is 3.30. The maximum Gasteiger partial charge on any atom is 0.264 e. The highest BCUT2D eigenvalue weighted by Crippen LogP contribution is 2.31. The second-order valence-electron chi connectivity index (χ2n) is 6.89. The Bertz CT molecular complexity index is 668. The van der Waals surface area contributed by atoms with Crippen LogP contribution in [0.4, 0.5) is 0 Å². The van der Waals surface area contributed by atoms with E-state index in [2.05, 4.69) is 21.3 Å². The number of hydrogen-bond donors (Lipinski definition) is 0. The van der Waals surface area contributed by atoms with Crippen LogP contribution >= 0.6 is 11.3 Å². The number of thiophene rings is 1. The molecule has 1 atom stereocenters. The number of fused-ring (bicyclic) bond motifs is 1. The van der Waals surface area contributed by atoms with Crippen LogP contribution in [0.3, 0.4) is 0 Å². The molecule has 1 amide bonds. The number of carbonyl (C=O) groups is 1. The summed E-state index contributed by atoms with van der Waals surface area (Å²) < 4.78 is 1.84. The van der Waals surface area contributed by atoms with Gasteiger partial charge in [-0.15, -0.1) is 16.4 Å². The minimum Gasteiger partial charge on any atom is -0.333 e. The molecule has 5 nitrogen and oxygen atoms in total. The number of hydrogen-bond acceptors (Lipinski definition) is 4. The van der Waals surface area contributed by atoms with E-state index in [-0.39, 0.29) is 11.9 Å². The minimum atomic E-state index is 0.217. The molecular weight excluding hydrogens is 320 g/mol. The molecule has 2 aliphatic rings. The first-order valence-electron chi connectivity index (χ1n) is 9.08. The largest absolute Gasteiger partial charge is 0.333 e. The van der Waals surface area contributed by atoms with E-state index in [1.807, 2.05) is 10.9 Å². The number of amides is 1. The van der Waals surface area contributed by atoms with Crippen LogP contribution in [0.25, 0.3) is 0 Å². The zero-order chi connectivity index (χ0) is 16.4. The van der Waals surface area contributed by atoms with E-state index >= 15 is 0 Å². The van der Waals surface area contributed by atoms with Crippen molar-refractivity contribution in [3.63, 3.8) is 0 Å². The van der Waals surface area contributed by atoms with Gasteiger partial charge in [0.2, 0.25) is 0 Å². The van der Waals surface area contributed by atoms with Gasteiger partial charge < -0.3 is 4.90 Å². The van der Waals surface area contributed by atoms with Crippen LogP contribution in [-0.4, -0.2) is 38.4 Å². The summed E-state index contributed by atoms with van der Waals surface area (Å²) in [6.45, 7) is 1.61. The van der Waals surface area contributed by atoms with Crippen molar-refractivity contribution in [3.05, 3.63) is 33.8 Å². The summed E-state index contributed by atoms with van der Waals surface area (Å²) >= 11 is 1.74. The van der Waals surface area contributed by atoms with E-state index in [1.54, 1.807) is 17.5 Å². The van der Waals surface area contributed by atoms with E-state index in [0.717, 1.165) is 43.6 Å². The van der Waals surface area contributed by atoms with Gasteiger partial charge in [-0.1, -0.05) is 18.1 Å². The third-order valence-electron chi connectivity index (χ3n) is 5.22. The summed E-state index contributed by atoms with van der Waals surface area (Å²) in [5, 5.41) is 7.92. The van der Waals surface area contributed by atoms with Gasteiger partial charge in [0.1, 0.15) is 0 Å². The molecule has 2 aromatic heterocycles. The van der Waals surface area contributed by atoms with Crippen LogP contribution in [-0.2, 0) is 19.4 Å². The van der Waals surface area contributed by atoms with E-state index in [1.165, 1.54) is 36.1 Å². The first kappa shape index (κ1) is 15.8. The van der Waals surface area contributed by atoms with Crippen LogP contribution in [0, 0.1) is 0 Å². The Kier molecular flexibility index (Phi) is 4.65. The summed E-state index contributed by atoms with van der Waals surface area (Å²) in [6, 6.07) is 2.42. The van der Waals surface area contributed by atoms with Gasteiger partial charge in [0, 0.05) is 17.6 Å². The van der Waals surface area contributed by atoms with Gasteiger partial charge in [0.05, 0.1) is 23.7 Å². The Labute approximate surface area is 146 Å². The first-order valence-corrected chi connectivity index (χ1v) is 9.89. The Morgan fingerprint density at radius 3 is 2.92 bits per heavy atom. The molecule has 0 N–H and O–H groups in total. The Morgan fingerprint density at radius 1 is 1.21 bits per heavy atom. The van der Waals surface area contributed by atoms with Gasteiger partial charge in [-0.3, -0.25) is 9.48 Å². The van der Waals surface area contributed by atoms with Crippen LogP contribution in [0.5, 0.6) is 0 Å². The fourth-order valence-electron chi connectivity index (χ4n) is 3.93. The lowest BCUT2D eigenvalue weighted by Gasteiger charge is -2.24. The predicted molar refractivity (Wildman–Crippen MR) is 94.3 cm³/mol. The van der Waals surface area contributed by atoms with Crippen LogP contribution < -0.4 is 0 Å². The van der Waals surface area contributed by atoms with Gasteiger partial charge in [-0.2, -0.15) is 0 Å². The van der Waals surface area contributed by atoms with E-state index in [9.17, 15) is 4.79 Å². The maximum absolute atomic E-state index is 13.1. The molecule has 0 unspecified atom stereocenters. The van der Waals surface area contributed by atoms with Crippen LogP contribution in [0.1, 0.15) is 58.6 Å². The maximum atomic E-state index is 13.1. The number of carbonyl (C=O) groups excluding carboxylic acids is 1. The smallest absolute Gasteiger partial charge is 0.264 e. The molecule has 1 aliphatic carbocycles. The first-order chi connectivity index (χ1) is 11.8. The molecule has 6 heteroatoms. The Hall–Kier alpha value is -1.69. The van der Waals surface area contributed by atoms with Crippen molar-refractivity contribution in [1.82, 2.24) is 19.9 Å². The number of nitrogens with zero attached hydrogens (tertiary/aromatic N) is 4. The van der Waals surface area contributed by atoms with Crippen LogP contribution in [0.15, 0.2) is 18.5 Å². The van der Waals surface area contributed by atoms with Crippen molar-refractivity contribution in [1.29, 1.82) is 0 Å². The molecule has 1 saturated heterocycles. The minimum absolute atomic E-state index is 0.217. The third-order valence-corrected chi connectivity index (χ3v) is 6.44. The van der Waals surface area contributed by atoms with Crippen molar-refractivity contribution in [2.75, 3.05) is 6.54 Å². The second kappa shape index (κ2) is 7.05. The lowest BCUT2D eigenvalue weighted by Crippen LogP contribution is -2.37. The molecule has 24 heavy (non-hydrogen) atoms. The zero-order valence-electron chi connectivity index (χ0n) is 14.0. The Morgan fingerprint density at radius 2 is 2.08 bits per heavy atom.